The number of rotatable bonds is 3. The highest BCUT2D eigenvalue weighted by Crippen LogP contribution is 2.24. The number of nitrogens with zero attached hydrogens (tertiary/aromatic N) is 3. The Balaban J connectivity index is 2.33. The molecule has 1 saturated heterocycles. The van der Waals surface area contributed by atoms with E-state index in [1.807, 2.05) is 13.8 Å². The monoisotopic (exact) mass is 298 g/mol. The second-order valence-electron chi connectivity index (χ2n) is 5.43. The lowest BCUT2D eigenvalue weighted by atomic mass is 10.0. The van der Waals surface area contributed by atoms with Gasteiger partial charge >= 0.3 is 0 Å². The smallest absolute Gasteiger partial charge is 0.249 e. The summed E-state index contributed by atoms with van der Waals surface area (Å²) < 4.78 is 1.73. The number of aryl methyl sites for hydroxylation is 2. The van der Waals surface area contributed by atoms with E-state index in [1.54, 1.807) is 18.5 Å². The van der Waals surface area contributed by atoms with Gasteiger partial charge in [0.05, 0.1) is 35.0 Å². The maximum absolute atomic E-state index is 12.3. The summed E-state index contributed by atoms with van der Waals surface area (Å²) in [5, 5.41) is 7.74. The van der Waals surface area contributed by atoms with Crippen LogP contribution in [0.1, 0.15) is 32.2 Å². The molecule has 1 N–H and O–H groups in total. The minimum Gasteiger partial charge on any atom is -0.295 e. The second kappa shape index (κ2) is 5.18. The molecule has 0 aromatic carbocycles. The lowest BCUT2D eigenvalue weighted by Gasteiger charge is -2.36. The molecule has 0 unspecified atom stereocenters. The van der Waals surface area contributed by atoms with Crippen LogP contribution in [-0.2, 0) is 22.7 Å². The molecule has 2 amide bonds. The number of carbonyl (C=O) groups excluding carboxylic acids is 2. The lowest BCUT2D eigenvalue weighted by molar-refractivity contribution is -0.153. The van der Waals surface area contributed by atoms with E-state index in [1.165, 1.54) is 4.90 Å². The lowest BCUT2D eigenvalue weighted by Crippen LogP contribution is -2.63. The van der Waals surface area contributed by atoms with E-state index >= 15 is 0 Å². The van der Waals surface area contributed by atoms with Crippen LogP contribution in [-0.4, -0.2) is 38.6 Å². The number of hydrogen-bond donors (Lipinski definition) is 1. The fourth-order valence-corrected chi connectivity index (χ4v) is 2.44. The normalized spacial score (nSPS) is 18.8. The van der Waals surface area contributed by atoms with Gasteiger partial charge in [-0.15, -0.1) is 0 Å². The van der Waals surface area contributed by atoms with Crippen LogP contribution < -0.4 is 5.32 Å². The van der Waals surface area contributed by atoms with Crippen molar-refractivity contribution >= 4 is 23.4 Å². The molecular weight excluding hydrogens is 280 g/mol. The summed E-state index contributed by atoms with van der Waals surface area (Å²) in [6, 6.07) is 0. The van der Waals surface area contributed by atoms with Gasteiger partial charge in [-0.25, -0.2) is 0 Å². The molecule has 1 aliphatic rings. The van der Waals surface area contributed by atoms with Gasteiger partial charge in [0.25, 0.3) is 0 Å². The van der Waals surface area contributed by atoms with Crippen LogP contribution in [0.4, 0.5) is 0 Å². The molecule has 1 aliphatic heterocycles. The Morgan fingerprint density at radius 1 is 1.40 bits per heavy atom. The summed E-state index contributed by atoms with van der Waals surface area (Å²) in [5.41, 5.74) is 0.663. The third kappa shape index (κ3) is 2.45. The van der Waals surface area contributed by atoms with Gasteiger partial charge in [0, 0.05) is 6.54 Å². The number of hydrogen-bond acceptors (Lipinski definition) is 4. The number of carbonyl (C=O) groups is 2. The van der Waals surface area contributed by atoms with Crippen molar-refractivity contribution < 1.29 is 9.59 Å². The molecule has 0 radical (unpaired) electrons. The fraction of sp³-hybridized carbons (Fsp3) is 0.615. The summed E-state index contributed by atoms with van der Waals surface area (Å²) in [5.74, 6) is -0.488. The van der Waals surface area contributed by atoms with E-state index < -0.39 is 5.54 Å². The molecule has 1 aromatic heterocycles. The number of halogens is 1. The van der Waals surface area contributed by atoms with Gasteiger partial charge in [-0.05, 0) is 27.7 Å². The zero-order chi connectivity index (χ0) is 15.1. The van der Waals surface area contributed by atoms with Crippen molar-refractivity contribution in [1.29, 1.82) is 0 Å². The molecule has 0 saturated carbocycles. The predicted octanol–water partition coefficient (Wildman–Crippen LogP) is 1.10. The van der Waals surface area contributed by atoms with Gasteiger partial charge in [-0.3, -0.25) is 24.5 Å². The van der Waals surface area contributed by atoms with E-state index in [2.05, 4.69) is 10.4 Å². The molecule has 2 rings (SSSR count). The van der Waals surface area contributed by atoms with E-state index in [4.69, 9.17) is 11.6 Å². The predicted molar refractivity (Wildman–Crippen MR) is 75.3 cm³/mol. The van der Waals surface area contributed by atoms with Crippen LogP contribution in [0.25, 0.3) is 0 Å². The molecule has 2 heterocycles. The Kier molecular flexibility index (Phi) is 3.88. The number of imide groups is 1. The molecular formula is C13H19ClN4O2. The molecule has 6 nitrogen and oxygen atoms in total. The maximum atomic E-state index is 12.3. The van der Waals surface area contributed by atoms with Crippen LogP contribution in [0.5, 0.6) is 0 Å². The van der Waals surface area contributed by atoms with Crippen molar-refractivity contribution in [3.05, 3.63) is 16.4 Å². The molecule has 0 bridgehead atoms. The van der Waals surface area contributed by atoms with Crippen LogP contribution in [0.3, 0.4) is 0 Å². The first-order chi connectivity index (χ1) is 9.27. The largest absolute Gasteiger partial charge is 0.295 e. The first-order valence-electron chi connectivity index (χ1n) is 6.59. The van der Waals surface area contributed by atoms with Gasteiger partial charge in [0.2, 0.25) is 11.8 Å². The number of piperazine rings is 1. The van der Waals surface area contributed by atoms with E-state index in [-0.39, 0.29) is 24.9 Å². The van der Waals surface area contributed by atoms with Crippen LogP contribution >= 0.6 is 11.6 Å². The second-order valence-corrected chi connectivity index (χ2v) is 5.80. The third-order valence-corrected chi connectivity index (χ3v) is 4.01. The summed E-state index contributed by atoms with van der Waals surface area (Å²) in [6.07, 6.45) is 0. The molecule has 0 atom stereocenters. The third-order valence-electron chi connectivity index (χ3n) is 3.52. The standard InChI is InChI=1S/C13H19ClN4O2/c1-5-18-9(11(14)8(2)16-18)7-17-10(19)6-15-13(3,4)12(17)20/h15H,5-7H2,1-4H3. The summed E-state index contributed by atoms with van der Waals surface area (Å²) in [7, 11) is 0. The Bertz CT molecular complexity index is 565. The highest BCUT2D eigenvalue weighted by molar-refractivity contribution is 6.31. The Morgan fingerprint density at radius 2 is 2.05 bits per heavy atom. The Morgan fingerprint density at radius 3 is 2.65 bits per heavy atom. The molecule has 20 heavy (non-hydrogen) atoms. The quantitative estimate of drug-likeness (QED) is 0.849. The van der Waals surface area contributed by atoms with E-state index in [0.29, 0.717) is 23.0 Å². The topological polar surface area (TPSA) is 67.2 Å². The first-order valence-corrected chi connectivity index (χ1v) is 6.97. The van der Waals surface area contributed by atoms with Gasteiger partial charge < -0.3 is 0 Å². The van der Waals surface area contributed by atoms with Gasteiger partial charge in [0.1, 0.15) is 0 Å². The number of aromatic nitrogens is 2. The zero-order valence-corrected chi connectivity index (χ0v) is 12.9. The molecule has 0 spiro atoms. The van der Waals surface area contributed by atoms with Crippen molar-refractivity contribution in [1.82, 2.24) is 20.0 Å². The highest BCUT2D eigenvalue weighted by Gasteiger charge is 2.40. The van der Waals surface area contributed by atoms with E-state index in [9.17, 15) is 9.59 Å². The molecule has 7 heteroatoms. The van der Waals surface area contributed by atoms with Gasteiger partial charge in [-0.1, -0.05) is 11.6 Å². The summed E-state index contributed by atoms with van der Waals surface area (Å²) >= 11 is 6.23. The Hall–Kier alpha value is -1.40. The Labute approximate surface area is 123 Å². The van der Waals surface area contributed by atoms with Gasteiger partial charge in [0.15, 0.2) is 0 Å². The zero-order valence-electron chi connectivity index (χ0n) is 12.2. The summed E-state index contributed by atoms with van der Waals surface area (Å²) in [4.78, 5) is 25.6. The minimum atomic E-state index is -0.744. The van der Waals surface area contributed by atoms with Crippen molar-refractivity contribution in [2.24, 2.45) is 0 Å². The van der Waals surface area contributed by atoms with Crippen molar-refractivity contribution in [3.8, 4) is 0 Å². The SMILES string of the molecule is CCn1nc(C)c(Cl)c1CN1C(=O)CNC(C)(C)C1=O. The molecule has 1 fully saturated rings. The van der Waals surface area contributed by atoms with E-state index in [0.717, 1.165) is 0 Å². The minimum absolute atomic E-state index is 0.148. The van der Waals surface area contributed by atoms with Crippen LogP contribution in [0.2, 0.25) is 5.02 Å². The maximum Gasteiger partial charge on any atom is 0.249 e. The first kappa shape index (κ1) is 15.0. The van der Waals surface area contributed by atoms with Crippen LogP contribution in [0.15, 0.2) is 0 Å². The van der Waals surface area contributed by atoms with Crippen molar-refractivity contribution in [3.63, 3.8) is 0 Å². The fourth-order valence-electron chi connectivity index (χ4n) is 2.25. The molecule has 110 valence electrons. The van der Waals surface area contributed by atoms with Gasteiger partial charge in [-0.2, -0.15) is 5.10 Å². The number of amides is 2. The van der Waals surface area contributed by atoms with Crippen molar-refractivity contribution in [2.45, 2.75) is 46.3 Å². The summed E-state index contributed by atoms with van der Waals surface area (Å²) in [6.45, 7) is 8.23. The molecule has 0 aliphatic carbocycles. The number of nitrogens with one attached hydrogen (secondary N) is 1. The average molecular weight is 299 g/mol. The molecule has 1 aromatic rings. The highest BCUT2D eigenvalue weighted by atomic mass is 35.5. The van der Waals surface area contributed by atoms with Crippen molar-refractivity contribution in [2.75, 3.05) is 6.54 Å². The van der Waals surface area contributed by atoms with Crippen LogP contribution in [0, 0.1) is 6.92 Å². The average Bonchev–Trinajstić information content (AvgIpc) is 2.67.